The number of hydrogen-bond donors (Lipinski definition) is 6. The Morgan fingerprint density at radius 1 is 0.757 bits per heavy atom. The molecular formula is C26H39BrN2O8. The molecule has 0 saturated carbocycles. The van der Waals surface area contributed by atoms with Gasteiger partial charge in [-0.1, -0.05) is 28.1 Å². The Bertz CT molecular complexity index is 883. The van der Waals surface area contributed by atoms with Crippen LogP contribution in [0.5, 0.6) is 0 Å². The molecule has 10 nitrogen and oxygen atoms in total. The van der Waals surface area contributed by atoms with Crippen LogP contribution in [-0.4, -0.2) is 58.5 Å². The first kappa shape index (κ1) is 34.3. The van der Waals surface area contributed by atoms with Crippen molar-refractivity contribution in [2.75, 3.05) is 37.1 Å². The number of rotatable bonds is 12. The lowest BCUT2D eigenvalue weighted by atomic mass is 10.1. The number of carbonyl (C=O) groups excluding carboxylic acids is 2. The van der Waals surface area contributed by atoms with Crippen molar-refractivity contribution >= 4 is 39.2 Å². The van der Waals surface area contributed by atoms with Crippen molar-refractivity contribution in [3.63, 3.8) is 0 Å². The van der Waals surface area contributed by atoms with E-state index in [-0.39, 0.29) is 38.4 Å². The Hall–Kier alpha value is -2.70. The lowest BCUT2D eigenvalue weighted by molar-refractivity contribution is -0.141. The van der Waals surface area contributed by atoms with Crippen LogP contribution in [0.15, 0.2) is 36.4 Å². The van der Waals surface area contributed by atoms with Crippen molar-refractivity contribution in [3.8, 4) is 0 Å². The highest BCUT2D eigenvalue weighted by Gasteiger charge is 2.02. The summed E-state index contributed by atoms with van der Waals surface area (Å²) in [6, 6.07) is 10.5. The summed E-state index contributed by atoms with van der Waals surface area (Å²) >= 11 is 3.20. The Balaban J connectivity index is 0.000000580. The quantitative estimate of drug-likeness (QED) is 0.0939. The number of benzene rings is 2. The van der Waals surface area contributed by atoms with Gasteiger partial charge in [-0.25, -0.2) is 0 Å². The third kappa shape index (κ3) is 16.6. The number of methoxy groups -OCH3 is 2. The fraction of sp³-hybridized carbons (Fsp3) is 0.462. The number of alkyl halides is 1. The minimum Gasteiger partial charge on any atom is -0.469 e. The second-order valence-electron chi connectivity index (χ2n) is 7.73. The van der Waals surface area contributed by atoms with E-state index in [1.807, 2.05) is 12.1 Å². The van der Waals surface area contributed by atoms with Crippen LogP contribution in [0.2, 0.25) is 0 Å². The molecule has 0 bridgehead atoms. The zero-order valence-electron chi connectivity index (χ0n) is 21.4. The summed E-state index contributed by atoms with van der Waals surface area (Å²) in [5.74, 6) is -0.360. The van der Waals surface area contributed by atoms with Crippen molar-refractivity contribution < 1.29 is 39.5 Å². The van der Waals surface area contributed by atoms with Gasteiger partial charge in [0.25, 0.3) is 0 Å². The number of esters is 2. The van der Waals surface area contributed by atoms with Crippen molar-refractivity contribution in [3.05, 3.63) is 58.7 Å². The second-order valence-corrected chi connectivity index (χ2v) is 8.52. The lowest BCUT2D eigenvalue weighted by Gasteiger charge is -2.09. The molecule has 0 saturated heterocycles. The molecule has 0 atom stereocenters. The number of nitrogens with one attached hydrogen (secondary N) is 1. The van der Waals surface area contributed by atoms with Crippen LogP contribution in [0.25, 0.3) is 0 Å². The summed E-state index contributed by atoms with van der Waals surface area (Å²) in [6.07, 6.45) is 2.41. The maximum absolute atomic E-state index is 10.9. The molecule has 2 rings (SSSR count). The summed E-state index contributed by atoms with van der Waals surface area (Å²) in [6.45, 7) is 0.417. The SMILES string of the molecule is COC(=O)CCCBr.COC(=O)CCCNc1cc(CO)cc(CO)c1.Nc1cc(CO)cc(CO)c1. The molecule has 2 aromatic rings. The average molecular weight is 588 g/mol. The number of aliphatic hydroxyl groups is 4. The van der Waals surface area contributed by atoms with Gasteiger partial charge >= 0.3 is 11.9 Å². The highest BCUT2D eigenvalue weighted by molar-refractivity contribution is 9.09. The third-order valence-corrected chi connectivity index (χ3v) is 5.28. The molecule has 0 fully saturated rings. The number of ether oxygens (including phenoxy) is 2. The lowest BCUT2D eigenvalue weighted by Crippen LogP contribution is -2.07. The van der Waals surface area contributed by atoms with E-state index in [9.17, 15) is 9.59 Å². The molecule has 0 heterocycles. The summed E-state index contributed by atoms with van der Waals surface area (Å²) in [4.78, 5) is 21.2. The minimum atomic E-state index is -0.225. The van der Waals surface area contributed by atoms with Gasteiger partial charge in [0, 0.05) is 36.1 Å². The number of carbonyl (C=O) groups is 2. The highest BCUT2D eigenvalue weighted by Crippen LogP contribution is 2.15. The van der Waals surface area contributed by atoms with Gasteiger partial charge in [-0.3, -0.25) is 9.59 Å². The first-order valence-corrected chi connectivity index (χ1v) is 12.8. The molecule has 0 radical (unpaired) electrons. The maximum atomic E-state index is 10.9. The van der Waals surface area contributed by atoms with E-state index in [1.54, 1.807) is 24.3 Å². The normalized spacial score (nSPS) is 9.81. The smallest absolute Gasteiger partial charge is 0.305 e. The molecule has 7 N–H and O–H groups in total. The number of nitrogens with two attached hydrogens (primary N) is 1. The third-order valence-electron chi connectivity index (χ3n) is 4.71. The van der Waals surface area contributed by atoms with Crippen molar-refractivity contribution in [2.45, 2.75) is 52.1 Å². The van der Waals surface area contributed by atoms with Crippen LogP contribution in [0.3, 0.4) is 0 Å². The topological polar surface area (TPSA) is 172 Å². The molecule has 208 valence electrons. The maximum Gasteiger partial charge on any atom is 0.305 e. The number of aliphatic hydroxyl groups excluding tert-OH is 4. The van der Waals surface area contributed by atoms with E-state index in [2.05, 4.69) is 30.7 Å². The number of halogens is 1. The molecule has 0 aliphatic carbocycles. The van der Waals surface area contributed by atoms with Gasteiger partial charge in [0.1, 0.15) is 0 Å². The predicted molar refractivity (Wildman–Crippen MR) is 146 cm³/mol. The summed E-state index contributed by atoms with van der Waals surface area (Å²) in [7, 11) is 2.77. The molecule has 2 aromatic carbocycles. The van der Waals surface area contributed by atoms with Gasteiger partial charge < -0.3 is 41.0 Å². The van der Waals surface area contributed by atoms with Gasteiger partial charge in [0.2, 0.25) is 0 Å². The van der Waals surface area contributed by atoms with Crippen molar-refractivity contribution in [1.82, 2.24) is 0 Å². The molecule has 0 aliphatic heterocycles. The first-order chi connectivity index (χ1) is 17.8. The predicted octanol–water partition coefficient (Wildman–Crippen LogP) is 2.62. The molecule has 11 heteroatoms. The molecule has 0 aliphatic rings. The summed E-state index contributed by atoms with van der Waals surface area (Å²) < 4.78 is 8.94. The monoisotopic (exact) mass is 586 g/mol. The standard InChI is InChI=1S/C13H19NO4.C8H11NO2.C5H9BrO2/c1-18-13(17)3-2-4-14-12-6-10(8-15)5-11(7-12)9-16;9-8-2-6(4-10)1-7(3-8)5-11;1-8-5(7)3-2-4-6/h5-7,14-16H,2-4,8-9H2,1H3;1-3,10-11H,4-5,9H2;2-4H2,1H3. The van der Waals surface area contributed by atoms with Crippen molar-refractivity contribution in [1.29, 1.82) is 0 Å². The van der Waals surface area contributed by atoms with E-state index in [0.29, 0.717) is 31.5 Å². The number of nitrogen functional groups attached to an aromatic ring is 1. The van der Waals surface area contributed by atoms with Crippen LogP contribution < -0.4 is 11.1 Å². The van der Waals surface area contributed by atoms with E-state index in [4.69, 9.17) is 26.2 Å². The van der Waals surface area contributed by atoms with E-state index >= 15 is 0 Å². The molecule has 37 heavy (non-hydrogen) atoms. The average Bonchev–Trinajstić information content (AvgIpc) is 2.93. The van der Waals surface area contributed by atoms with E-state index in [1.165, 1.54) is 14.2 Å². The molecule has 0 amide bonds. The Kier molecular flexibility index (Phi) is 19.8. The Morgan fingerprint density at radius 2 is 1.16 bits per heavy atom. The number of anilines is 2. The van der Waals surface area contributed by atoms with Crippen LogP contribution in [0, 0.1) is 0 Å². The molecule has 0 aromatic heterocycles. The largest absolute Gasteiger partial charge is 0.469 e. The van der Waals surface area contributed by atoms with E-state index < -0.39 is 0 Å². The van der Waals surface area contributed by atoms with Crippen LogP contribution >= 0.6 is 15.9 Å². The first-order valence-electron chi connectivity index (χ1n) is 11.6. The van der Waals surface area contributed by atoms with Crippen LogP contribution in [-0.2, 0) is 45.5 Å². The van der Waals surface area contributed by atoms with Gasteiger partial charge in [-0.2, -0.15) is 0 Å². The van der Waals surface area contributed by atoms with Gasteiger partial charge in [-0.15, -0.1) is 0 Å². The zero-order chi connectivity index (χ0) is 28.1. The van der Waals surface area contributed by atoms with E-state index in [0.717, 1.165) is 39.7 Å². The van der Waals surface area contributed by atoms with Crippen LogP contribution in [0.4, 0.5) is 11.4 Å². The Morgan fingerprint density at radius 3 is 1.54 bits per heavy atom. The van der Waals surface area contributed by atoms with Gasteiger partial charge in [0.05, 0.1) is 40.6 Å². The second kappa shape index (κ2) is 21.4. The Labute approximate surface area is 226 Å². The molecular weight excluding hydrogens is 548 g/mol. The highest BCUT2D eigenvalue weighted by atomic mass is 79.9. The fourth-order valence-corrected chi connectivity index (χ4v) is 3.18. The summed E-state index contributed by atoms with van der Waals surface area (Å²) in [5, 5.41) is 39.7. The summed E-state index contributed by atoms with van der Waals surface area (Å²) in [5.41, 5.74) is 9.84. The van der Waals surface area contributed by atoms with Crippen molar-refractivity contribution in [2.24, 2.45) is 0 Å². The molecule has 0 spiro atoms. The molecule has 0 unspecified atom stereocenters. The van der Waals surface area contributed by atoms with Crippen LogP contribution in [0.1, 0.15) is 47.9 Å². The van der Waals surface area contributed by atoms with Gasteiger partial charge in [0.15, 0.2) is 0 Å². The minimum absolute atomic E-state index is 0.0436. The zero-order valence-corrected chi connectivity index (χ0v) is 23.0. The number of hydrogen-bond acceptors (Lipinski definition) is 10. The van der Waals surface area contributed by atoms with Gasteiger partial charge in [-0.05, 0) is 59.4 Å². The fourth-order valence-electron chi connectivity index (χ4n) is 2.90.